The maximum Gasteiger partial charge on any atom is 0.129 e. The van der Waals surface area contributed by atoms with Crippen molar-refractivity contribution < 1.29 is 4.79 Å². The molecule has 1 aliphatic carbocycles. The first kappa shape index (κ1) is 9.50. The van der Waals surface area contributed by atoms with E-state index >= 15 is 0 Å². The smallest absolute Gasteiger partial charge is 0.129 e. The average molecular weight is 166 g/mol. The van der Waals surface area contributed by atoms with E-state index < -0.39 is 0 Å². The molecule has 1 aliphatic rings. The van der Waals surface area contributed by atoms with Crippen molar-refractivity contribution in [1.29, 1.82) is 0 Å². The molecule has 0 heterocycles. The number of hydrogen-bond acceptors (Lipinski definition) is 1. The van der Waals surface area contributed by atoms with Crippen LogP contribution in [0.5, 0.6) is 0 Å². The molecule has 0 radical (unpaired) electrons. The van der Waals surface area contributed by atoms with Crippen LogP contribution in [-0.4, -0.2) is 6.29 Å². The minimum atomic E-state index is -0.0890. The molecule has 0 saturated carbocycles. The third kappa shape index (κ3) is 2.20. The maximum atomic E-state index is 10.9. The summed E-state index contributed by atoms with van der Waals surface area (Å²) in [7, 11) is 0. The first-order valence-electron chi connectivity index (χ1n) is 4.97. The zero-order chi connectivity index (χ0) is 8.86. The molecule has 0 spiro atoms. The third-order valence-corrected chi connectivity index (χ3v) is 2.69. The van der Waals surface area contributed by atoms with Crippen molar-refractivity contribution in [2.24, 2.45) is 5.41 Å². The van der Waals surface area contributed by atoms with Crippen LogP contribution < -0.4 is 0 Å². The molecule has 0 aromatic rings. The van der Waals surface area contributed by atoms with Crippen molar-refractivity contribution in [2.75, 3.05) is 0 Å². The lowest BCUT2D eigenvalue weighted by molar-refractivity contribution is -0.114. The van der Waals surface area contributed by atoms with E-state index in [2.05, 4.69) is 19.1 Å². The van der Waals surface area contributed by atoms with E-state index in [0.717, 1.165) is 25.5 Å². The second-order valence-electron chi connectivity index (χ2n) is 3.75. The van der Waals surface area contributed by atoms with Crippen LogP contribution in [0.4, 0.5) is 0 Å². The molecule has 68 valence electrons. The van der Waals surface area contributed by atoms with Crippen LogP contribution in [0.25, 0.3) is 0 Å². The molecule has 1 rings (SSSR count). The molecule has 1 nitrogen and oxygen atoms in total. The van der Waals surface area contributed by atoms with Gasteiger partial charge in [-0.05, 0) is 25.7 Å². The van der Waals surface area contributed by atoms with Crippen molar-refractivity contribution in [3.63, 3.8) is 0 Å². The lowest BCUT2D eigenvalue weighted by atomic mass is 9.76. The maximum absolute atomic E-state index is 10.9. The summed E-state index contributed by atoms with van der Waals surface area (Å²) in [6.45, 7) is 2.17. The van der Waals surface area contributed by atoms with E-state index in [-0.39, 0.29) is 5.41 Å². The van der Waals surface area contributed by atoms with Crippen LogP contribution in [0.1, 0.15) is 45.4 Å². The number of aldehydes is 1. The molecule has 0 amide bonds. The molecule has 0 saturated heterocycles. The van der Waals surface area contributed by atoms with Crippen LogP contribution in [-0.2, 0) is 4.79 Å². The van der Waals surface area contributed by atoms with E-state index in [1.54, 1.807) is 0 Å². The number of hydrogen-bond donors (Lipinski definition) is 0. The van der Waals surface area contributed by atoms with Gasteiger partial charge in [0.15, 0.2) is 0 Å². The molecule has 12 heavy (non-hydrogen) atoms. The van der Waals surface area contributed by atoms with Gasteiger partial charge in [-0.3, -0.25) is 0 Å². The summed E-state index contributed by atoms with van der Waals surface area (Å²) in [5, 5.41) is 0. The van der Waals surface area contributed by atoms with Crippen molar-refractivity contribution in [3.8, 4) is 0 Å². The van der Waals surface area contributed by atoms with Gasteiger partial charge in [0.25, 0.3) is 0 Å². The van der Waals surface area contributed by atoms with Crippen molar-refractivity contribution >= 4 is 6.29 Å². The Morgan fingerprint density at radius 3 is 2.92 bits per heavy atom. The number of carbonyl (C=O) groups is 1. The monoisotopic (exact) mass is 166 g/mol. The Kier molecular flexibility index (Phi) is 3.51. The first-order valence-corrected chi connectivity index (χ1v) is 4.97. The summed E-state index contributed by atoms with van der Waals surface area (Å²) in [5.74, 6) is 0. The van der Waals surface area contributed by atoms with E-state index in [1.165, 1.54) is 19.3 Å². The highest BCUT2D eigenvalue weighted by molar-refractivity contribution is 5.63. The van der Waals surface area contributed by atoms with Crippen LogP contribution in [0.2, 0.25) is 0 Å². The fraction of sp³-hybridized carbons (Fsp3) is 0.727. The van der Waals surface area contributed by atoms with Gasteiger partial charge in [0, 0.05) is 5.41 Å². The van der Waals surface area contributed by atoms with Gasteiger partial charge in [0.1, 0.15) is 6.29 Å². The van der Waals surface area contributed by atoms with E-state index in [0.29, 0.717) is 0 Å². The van der Waals surface area contributed by atoms with Gasteiger partial charge >= 0.3 is 0 Å². The second kappa shape index (κ2) is 4.44. The molecule has 1 unspecified atom stereocenters. The minimum absolute atomic E-state index is 0.0890. The first-order chi connectivity index (χ1) is 5.83. The number of allylic oxidation sites excluding steroid dienone is 2. The van der Waals surface area contributed by atoms with Gasteiger partial charge in [-0.15, -0.1) is 0 Å². The SMILES string of the molecule is CCCCC1(C=O)C=CCCC1. The highest BCUT2D eigenvalue weighted by Gasteiger charge is 2.26. The fourth-order valence-electron chi connectivity index (χ4n) is 1.82. The summed E-state index contributed by atoms with van der Waals surface area (Å²) in [4.78, 5) is 10.9. The highest BCUT2D eigenvalue weighted by atomic mass is 16.1. The molecular weight excluding hydrogens is 148 g/mol. The van der Waals surface area contributed by atoms with Gasteiger partial charge in [-0.2, -0.15) is 0 Å². The zero-order valence-corrected chi connectivity index (χ0v) is 7.88. The molecular formula is C11H18O. The van der Waals surface area contributed by atoms with Crippen LogP contribution >= 0.6 is 0 Å². The van der Waals surface area contributed by atoms with E-state index in [4.69, 9.17) is 0 Å². The van der Waals surface area contributed by atoms with Gasteiger partial charge < -0.3 is 4.79 Å². The molecule has 0 aliphatic heterocycles. The largest absolute Gasteiger partial charge is 0.302 e. The van der Waals surface area contributed by atoms with Crippen LogP contribution in [0.3, 0.4) is 0 Å². The molecule has 0 bridgehead atoms. The third-order valence-electron chi connectivity index (χ3n) is 2.69. The Bertz CT molecular complexity index is 172. The molecule has 1 heteroatoms. The minimum Gasteiger partial charge on any atom is -0.302 e. The lowest BCUT2D eigenvalue weighted by Gasteiger charge is -2.26. The number of unbranched alkanes of at least 4 members (excludes halogenated alkanes) is 1. The van der Waals surface area contributed by atoms with E-state index in [9.17, 15) is 4.79 Å². The Balaban J connectivity index is 2.54. The Morgan fingerprint density at radius 2 is 2.42 bits per heavy atom. The topological polar surface area (TPSA) is 17.1 Å². The average Bonchev–Trinajstić information content (AvgIpc) is 2.16. The Hall–Kier alpha value is -0.590. The molecule has 0 aromatic carbocycles. The van der Waals surface area contributed by atoms with Gasteiger partial charge in [0.05, 0.1) is 0 Å². The summed E-state index contributed by atoms with van der Waals surface area (Å²) in [6.07, 6.45) is 12.2. The molecule has 0 aromatic heterocycles. The molecule has 1 atom stereocenters. The normalized spacial score (nSPS) is 28.8. The summed E-state index contributed by atoms with van der Waals surface area (Å²) in [6, 6.07) is 0. The summed E-state index contributed by atoms with van der Waals surface area (Å²) < 4.78 is 0. The van der Waals surface area contributed by atoms with Gasteiger partial charge in [0.2, 0.25) is 0 Å². The highest BCUT2D eigenvalue weighted by Crippen LogP contribution is 2.33. The number of carbonyl (C=O) groups excluding carboxylic acids is 1. The summed E-state index contributed by atoms with van der Waals surface area (Å²) >= 11 is 0. The standard InChI is InChI=1S/C11H18O/c1-2-3-7-11(10-12)8-5-4-6-9-11/h5,8,10H,2-4,6-7,9H2,1H3. The quantitative estimate of drug-likeness (QED) is 0.463. The zero-order valence-electron chi connectivity index (χ0n) is 7.88. The van der Waals surface area contributed by atoms with Gasteiger partial charge in [-0.25, -0.2) is 0 Å². The number of rotatable bonds is 4. The second-order valence-corrected chi connectivity index (χ2v) is 3.75. The Labute approximate surface area is 74.9 Å². The fourth-order valence-corrected chi connectivity index (χ4v) is 1.82. The lowest BCUT2D eigenvalue weighted by Crippen LogP contribution is -2.21. The molecule has 0 fully saturated rings. The Morgan fingerprint density at radius 1 is 1.58 bits per heavy atom. The predicted molar refractivity (Wildman–Crippen MR) is 51.0 cm³/mol. The van der Waals surface area contributed by atoms with E-state index in [1.807, 2.05) is 0 Å². The van der Waals surface area contributed by atoms with Crippen molar-refractivity contribution in [3.05, 3.63) is 12.2 Å². The molecule has 0 N–H and O–H groups in total. The van der Waals surface area contributed by atoms with Crippen molar-refractivity contribution in [1.82, 2.24) is 0 Å². The van der Waals surface area contributed by atoms with Crippen LogP contribution in [0.15, 0.2) is 12.2 Å². The van der Waals surface area contributed by atoms with Crippen molar-refractivity contribution in [2.45, 2.75) is 45.4 Å². The van der Waals surface area contributed by atoms with Gasteiger partial charge in [-0.1, -0.05) is 31.9 Å². The predicted octanol–water partition coefficient (Wildman–Crippen LogP) is 3.10. The summed E-state index contributed by atoms with van der Waals surface area (Å²) in [5.41, 5.74) is -0.0890. The van der Waals surface area contributed by atoms with Crippen LogP contribution in [0, 0.1) is 5.41 Å².